The van der Waals surface area contributed by atoms with Gasteiger partial charge >= 0.3 is 0 Å². The Hall–Kier alpha value is -2.54. The second-order valence-corrected chi connectivity index (χ2v) is 6.08. The first-order valence-electron chi connectivity index (χ1n) is 7.38. The molecule has 0 aliphatic carbocycles. The molecule has 0 spiro atoms. The van der Waals surface area contributed by atoms with Crippen LogP contribution >= 0.6 is 11.8 Å². The maximum Gasteiger partial charge on any atom is 0.189 e. The van der Waals surface area contributed by atoms with Crippen LogP contribution in [-0.4, -0.2) is 16.2 Å². The van der Waals surface area contributed by atoms with Crippen LogP contribution in [0.25, 0.3) is 11.3 Å². The summed E-state index contributed by atoms with van der Waals surface area (Å²) in [4.78, 5) is 8.64. The van der Waals surface area contributed by atoms with Crippen molar-refractivity contribution in [1.82, 2.24) is 9.97 Å². The van der Waals surface area contributed by atoms with Crippen molar-refractivity contribution >= 4 is 23.3 Å². The van der Waals surface area contributed by atoms with E-state index in [1.807, 2.05) is 0 Å². The van der Waals surface area contributed by atoms with Crippen LogP contribution in [0.5, 0.6) is 0 Å². The first-order chi connectivity index (χ1) is 12.0. The molecule has 0 aliphatic heterocycles. The van der Waals surface area contributed by atoms with Gasteiger partial charge in [-0.2, -0.15) is 0 Å². The van der Waals surface area contributed by atoms with Crippen molar-refractivity contribution in [3.63, 3.8) is 0 Å². The highest BCUT2D eigenvalue weighted by Crippen LogP contribution is 2.29. The smallest absolute Gasteiger partial charge is 0.189 e. The standard InChI is InChI=1S/C18H14F3N3S/c1-10-8-11(19)6-7-12(10)15-9-16(24-18(22-15)25-2)23-17-13(20)4-3-5-14(17)21/h3-9H,1-2H3,(H,22,23,24). The molecule has 3 nitrogen and oxygen atoms in total. The molecule has 1 aromatic heterocycles. The molecule has 1 N–H and O–H groups in total. The van der Waals surface area contributed by atoms with Crippen molar-refractivity contribution in [3.05, 3.63) is 65.5 Å². The molecule has 128 valence electrons. The summed E-state index contributed by atoms with van der Waals surface area (Å²) < 4.78 is 41.0. The topological polar surface area (TPSA) is 37.8 Å². The van der Waals surface area contributed by atoms with Gasteiger partial charge in [-0.15, -0.1) is 0 Å². The van der Waals surface area contributed by atoms with Gasteiger partial charge in [0.1, 0.15) is 29.0 Å². The van der Waals surface area contributed by atoms with Crippen molar-refractivity contribution in [2.45, 2.75) is 12.1 Å². The Morgan fingerprint density at radius 2 is 1.68 bits per heavy atom. The molecule has 3 rings (SSSR count). The fraction of sp³-hybridized carbons (Fsp3) is 0.111. The van der Waals surface area contributed by atoms with Crippen LogP contribution in [0, 0.1) is 24.4 Å². The van der Waals surface area contributed by atoms with Gasteiger partial charge in [0.15, 0.2) is 5.16 Å². The molecule has 1 heterocycles. The van der Waals surface area contributed by atoms with E-state index in [0.717, 1.165) is 17.7 Å². The molecule has 25 heavy (non-hydrogen) atoms. The van der Waals surface area contributed by atoms with Crippen molar-refractivity contribution in [2.75, 3.05) is 11.6 Å². The first kappa shape index (κ1) is 17.3. The van der Waals surface area contributed by atoms with Gasteiger partial charge in [0, 0.05) is 11.6 Å². The monoisotopic (exact) mass is 361 g/mol. The van der Waals surface area contributed by atoms with Gasteiger partial charge in [-0.25, -0.2) is 23.1 Å². The lowest BCUT2D eigenvalue weighted by Crippen LogP contribution is -2.02. The van der Waals surface area contributed by atoms with Crippen LogP contribution < -0.4 is 5.32 Å². The lowest BCUT2D eigenvalue weighted by atomic mass is 10.1. The third-order valence-corrected chi connectivity index (χ3v) is 4.12. The third-order valence-electron chi connectivity index (χ3n) is 3.57. The molecule has 0 radical (unpaired) electrons. The van der Waals surface area contributed by atoms with E-state index in [1.54, 1.807) is 25.3 Å². The zero-order valence-corrected chi connectivity index (χ0v) is 14.3. The predicted molar refractivity (Wildman–Crippen MR) is 93.6 cm³/mol. The Morgan fingerprint density at radius 1 is 0.960 bits per heavy atom. The average molecular weight is 361 g/mol. The Labute approximate surface area is 147 Å². The second kappa shape index (κ2) is 7.14. The highest BCUT2D eigenvalue weighted by atomic mass is 32.2. The van der Waals surface area contributed by atoms with Gasteiger partial charge in [0.25, 0.3) is 0 Å². The van der Waals surface area contributed by atoms with Gasteiger partial charge in [0.2, 0.25) is 0 Å². The molecule has 2 aromatic carbocycles. The molecule has 0 saturated heterocycles. The Morgan fingerprint density at radius 3 is 2.32 bits per heavy atom. The van der Waals surface area contributed by atoms with Gasteiger partial charge in [-0.05, 0) is 49.1 Å². The number of nitrogens with zero attached hydrogens (tertiary/aromatic N) is 2. The maximum absolute atomic E-state index is 13.9. The quantitative estimate of drug-likeness (QED) is 0.503. The summed E-state index contributed by atoms with van der Waals surface area (Å²) in [5.41, 5.74) is 1.68. The number of aromatic nitrogens is 2. The van der Waals surface area contributed by atoms with Crippen LogP contribution in [0.3, 0.4) is 0 Å². The van der Waals surface area contributed by atoms with Crippen LogP contribution in [0.1, 0.15) is 5.56 Å². The van der Waals surface area contributed by atoms with E-state index in [1.165, 1.54) is 30.0 Å². The molecule has 3 aromatic rings. The summed E-state index contributed by atoms with van der Waals surface area (Å²) in [5, 5.41) is 3.10. The molecule has 0 unspecified atom stereocenters. The largest absolute Gasteiger partial charge is 0.335 e. The number of para-hydroxylation sites is 1. The van der Waals surface area contributed by atoms with E-state index < -0.39 is 11.6 Å². The highest BCUT2D eigenvalue weighted by Gasteiger charge is 2.13. The second-order valence-electron chi connectivity index (χ2n) is 5.31. The van der Waals surface area contributed by atoms with E-state index >= 15 is 0 Å². The van der Waals surface area contributed by atoms with Crippen LogP contribution in [0.2, 0.25) is 0 Å². The lowest BCUT2D eigenvalue weighted by Gasteiger charge is -2.12. The number of aryl methyl sites for hydroxylation is 1. The van der Waals surface area contributed by atoms with Crippen molar-refractivity contribution < 1.29 is 13.2 Å². The zero-order chi connectivity index (χ0) is 18.0. The number of halogens is 3. The summed E-state index contributed by atoms with van der Waals surface area (Å²) in [6, 6.07) is 9.54. The van der Waals surface area contributed by atoms with Crippen LogP contribution in [-0.2, 0) is 0 Å². The zero-order valence-electron chi connectivity index (χ0n) is 13.5. The Balaban J connectivity index is 2.06. The average Bonchev–Trinajstić information content (AvgIpc) is 2.58. The molecule has 0 amide bonds. The fourth-order valence-corrected chi connectivity index (χ4v) is 2.76. The summed E-state index contributed by atoms with van der Waals surface area (Å²) in [5.74, 6) is -1.53. The highest BCUT2D eigenvalue weighted by molar-refractivity contribution is 7.98. The number of anilines is 2. The molecule has 0 saturated carbocycles. The molecular weight excluding hydrogens is 347 g/mol. The summed E-state index contributed by atoms with van der Waals surface area (Å²) >= 11 is 1.30. The van der Waals surface area contributed by atoms with E-state index in [4.69, 9.17) is 0 Å². The summed E-state index contributed by atoms with van der Waals surface area (Å²) in [6.45, 7) is 1.77. The summed E-state index contributed by atoms with van der Waals surface area (Å²) in [6.07, 6.45) is 1.80. The molecule has 0 aliphatic rings. The minimum Gasteiger partial charge on any atom is -0.335 e. The molecule has 0 fully saturated rings. The summed E-state index contributed by atoms with van der Waals surface area (Å²) in [7, 11) is 0. The lowest BCUT2D eigenvalue weighted by molar-refractivity contribution is 0.590. The van der Waals surface area contributed by atoms with Crippen LogP contribution in [0.4, 0.5) is 24.7 Å². The first-order valence-corrected chi connectivity index (χ1v) is 8.61. The van der Waals surface area contributed by atoms with E-state index in [-0.39, 0.29) is 17.3 Å². The third kappa shape index (κ3) is 3.76. The van der Waals surface area contributed by atoms with Gasteiger partial charge in [-0.1, -0.05) is 17.8 Å². The molecule has 0 atom stereocenters. The molecule has 0 bridgehead atoms. The molecular formula is C18H14F3N3S. The number of benzene rings is 2. The van der Waals surface area contributed by atoms with Crippen molar-refractivity contribution in [3.8, 4) is 11.3 Å². The van der Waals surface area contributed by atoms with Crippen molar-refractivity contribution in [2.24, 2.45) is 0 Å². The fourth-order valence-electron chi connectivity index (χ4n) is 2.38. The minimum atomic E-state index is -0.719. The van der Waals surface area contributed by atoms with Crippen LogP contribution in [0.15, 0.2) is 47.6 Å². The molecule has 7 heteroatoms. The van der Waals surface area contributed by atoms with E-state index in [2.05, 4.69) is 15.3 Å². The van der Waals surface area contributed by atoms with Crippen molar-refractivity contribution in [1.29, 1.82) is 0 Å². The number of thioether (sulfide) groups is 1. The minimum absolute atomic E-state index is 0.252. The normalized spacial score (nSPS) is 10.8. The maximum atomic E-state index is 13.9. The van der Waals surface area contributed by atoms with Gasteiger partial charge in [-0.3, -0.25) is 0 Å². The number of hydrogen-bond acceptors (Lipinski definition) is 4. The number of hydrogen-bond donors (Lipinski definition) is 1. The van der Waals surface area contributed by atoms with E-state index in [9.17, 15) is 13.2 Å². The van der Waals surface area contributed by atoms with E-state index in [0.29, 0.717) is 16.4 Å². The predicted octanol–water partition coefficient (Wildman–Crippen LogP) is 5.33. The Kier molecular flexibility index (Phi) is 4.94. The Bertz CT molecular complexity index is 911. The van der Waals surface area contributed by atoms with Gasteiger partial charge < -0.3 is 5.32 Å². The SMILES string of the molecule is CSc1nc(Nc2c(F)cccc2F)cc(-c2ccc(F)cc2C)n1. The number of rotatable bonds is 4. The van der Waals surface area contributed by atoms with Gasteiger partial charge in [0.05, 0.1) is 5.69 Å². The number of nitrogens with one attached hydrogen (secondary N) is 1.